The maximum absolute atomic E-state index is 5.48. The normalized spacial score (nSPS) is 10.5. The van der Waals surface area contributed by atoms with Gasteiger partial charge in [-0.05, 0) is 24.7 Å². The number of ether oxygens (including phenoxy) is 1. The molecule has 17 heavy (non-hydrogen) atoms. The second-order valence-electron chi connectivity index (χ2n) is 3.44. The first-order chi connectivity index (χ1) is 8.28. The molecule has 1 aromatic carbocycles. The molecule has 2 rings (SSSR count). The topological polar surface area (TPSA) is 47.3 Å². The van der Waals surface area contributed by atoms with Crippen LogP contribution in [0, 0.1) is 0 Å². The Kier molecular flexibility index (Phi) is 4.17. The van der Waals surface area contributed by atoms with Gasteiger partial charge in [-0.3, -0.25) is 0 Å². The van der Waals surface area contributed by atoms with Gasteiger partial charge in [0.15, 0.2) is 0 Å². The number of aromatic nitrogens is 1. The van der Waals surface area contributed by atoms with Crippen LogP contribution in [0.25, 0.3) is 0 Å². The van der Waals surface area contributed by atoms with Crippen molar-refractivity contribution in [2.75, 3.05) is 6.54 Å². The predicted octanol–water partition coefficient (Wildman–Crippen LogP) is 3.34. The second kappa shape index (κ2) is 5.84. The van der Waals surface area contributed by atoms with Crippen molar-refractivity contribution >= 4 is 15.9 Å². The van der Waals surface area contributed by atoms with E-state index in [0.29, 0.717) is 12.3 Å². The van der Waals surface area contributed by atoms with E-state index in [1.54, 1.807) is 6.26 Å². The first kappa shape index (κ1) is 12.1. The number of benzene rings is 1. The quantitative estimate of drug-likeness (QED) is 0.919. The highest BCUT2D eigenvalue weighted by Crippen LogP contribution is 2.23. The summed E-state index contributed by atoms with van der Waals surface area (Å²) < 4.78 is 11.7. The standard InChI is InChI=1S/C12H13BrN2O2/c1-2-14-7-10-8-16-12(15-10)17-11-5-3-4-9(13)6-11/h3-6,8,14H,2,7H2,1H3. The number of nitrogens with one attached hydrogen (secondary N) is 1. The Morgan fingerprint density at radius 1 is 1.47 bits per heavy atom. The van der Waals surface area contributed by atoms with Gasteiger partial charge in [-0.25, -0.2) is 0 Å². The Hall–Kier alpha value is -1.33. The van der Waals surface area contributed by atoms with E-state index in [1.165, 1.54) is 0 Å². The van der Waals surface area contributed by atoms with Gasteiger partial charge in [-0.2, -0.15) is 4.98 Å². The number of halogens is 1. The zero-order chi connectivity index (χ0) is 12.1. The lowest BCUT2D eigenvalue weighted by molar-refractivity contribution is 0.330. The number of rotatable bonds is 5. The third-order valence-electron chi connectivity index (χ3n) is 2.09. The van der Waals surface area contributed by atoms with E-state index in [2.05, 4.69) is 26.2 Å². The lowest BCUT2D eigenvalue weighted by atomic mass is 10.3. The summed E-state index contributed by atoms with van der Waals surface area (Å²) >= 11 is 3.37. The van der Waals surface area contributed by atoms with Crippen molar-refractivity contribution in [3.8, 4) is 11.8 Å². The summed E-state index contributed by atoms with van der Waals surface area (Å²) in [4.78, 5) is 4.21. The fraction of sp³-hybridized carbons (Fsp3) is 0.250. The van der Waals surface area contributed by atoms with Crippen molar-refractivity contribution in [3.05, 3.63) is 40.7 Å². The minimum atomic E-state index is 0.260. The highest BCUT2D eigenvalue weighted by atomic mass is 79.9. The average Bonchev–Trinajstić information content (AvgIpc) is 2.74. The molecule has 90 valence electrons. The highest BCUT2D eigenvalue weighted by molar-refractivity contribution is 9.10. The lowest BCUT2D eigenvalue weighted by Crippen LogP contribution is -2.11. The average molecular weight is 297 g/mol. The molecule has 0 saturated carbocycles. The Balaban J connectivity index is 2.01. The summed E-state index contributed by atoms with van der Waals surface area (Å²) in [5, 5.41) is 3.17. The molecular formula is C12H13BrN2O2. The van der Waals surface area contributed by atoms with Crippen LogP contribution < -0.4 is 10.1 Å². The van der Waals surface area contributed by atoms with Crippen LogP contribution in [0.3, 0.4) is 0 Å². The molecule has 0 bridgehead atoms. The van der Waals surface area contributed by atoms with E-state index < -0.39 is 0 Å². The van der Waals surface area contributed by atoms with Crippen LogP contribution in [0.1, 0.15) is 12.6 Å². The second-order valence-corrected chi connectivity index (χ2v) is 4.36. The van der Waals surface area contributed by atoms with E-state index in [4.69, 9.17) is 9.15 Å². The summed E-state index contributed by atoms with van der Waals surface area (Å²) in [7, 11) is 0. The van der Waals surface area contributed by atoms with Crippen LogP contribution in [0.15, 0.2) is 39.4 Å². The lowest BCUT2D eigenvalue weighted by Gasteiger charge is -2.00. The first-order valence-corrected chi connectivity index (χ1v) is 6.16. The van der Waals surface area contributed by atoms with Gasteiger partial charge in [0.05, 0.1) is 5.69 Å². The zero-order valence-corrected chi connectivity index (χ0v) is 11.0. The first-order valence-electron chi connectivity index (χ1n) is 5.36. The molecule has 1 heterocycles. The fourth-order valence-corrected chi connectivity index (χ4v) is 1.68. The summed E-state index contributed by atoms with van der Waals surface area (Å²) in [6.45, 7) is 3.62. The van der Waals surface area contributed by atoms with Gasteiger partial charge in [-0.1, -0.05) is 28.9 Å². The molecule has 0 aliphatic carbocycles. The summed E-state index contributed by atoms with van der Waals surface area (Å²) in [6.07, 6.45) is 1.85. The van der Waals surface area contributed by atoms with Crippen molar-refractivity contribution in [2.45, 2.75) is 13.5 Å². The van der Waals surface area contributed by atoms with E-state index >= 15 is 0 Å². The molecule has 0 spiro atoms. The van der Waals surface area contributed by atoms with Gasteiger partial charge in [0.25, 0.3) is 0 Å². The fourth-order valence-electron chi connectivity index (χ4n) is 1.30. The molecule has 0 radical (unpaired) electrons. The van der Waals surface area contributed by atoms with Gasteiger partial charge in [0, 0.05) is 11.0 Å². The van der Waals surface area contributed by atoms with Crippen molar-refractivity contribution in [2.24, 2.45) is 0 Å². The number of hydrogen-bond donors (Lipinski definition) is 1. The SMILES string of the molecule is CCNCc1coc(Oc2cccc(Br)c2)n1. The number of hydrogen-bond acceptors (Lipinski definition) is 4. The third kappa shape index (κ3) is 3.57. The minimum absolute atomic E-state index is 0.260. The molecule has 0 aliphatic rings. The molecule has 4 nitrogen and oxygen atoms in total. The molecule has 2 aromatic rings. The molecule has 0 fully saturated rings. The van der Waals surface area contributed by atoms with Crippen LogP contribution >= 0.6 is 15.9 Å². The van der Waals surface area contributed by atoms with Crippen molar-refractivity contribution in [1.29, 1.82) is 0 Å². The molecule has 1 N–H and O–H groups in total. The largest absolute Gasteiger partial charge is 0.417 e. The molecule has 0 unspecified atom stereocenters. The van der Waals surface area contributed by atoms with E-state index in [9.17, 15) is 0 Å². The van der Waals surface area contributed by atoms with Gasteiger partial charge >= 0.3 is 6.08 Å². The van der Waals surface area contributed by atoms with Crippen molar-refractivity contribution < 1.29 is 9.15 Å². The Morgan fingerprint density at radius 3 is 3.12 bits per heavy atom. The molecular weight excluding hydrogens is 284 g/mol. The molecule has 1 aromatic heterocycles. The van der Waals surface area contributed by atoms with Gasteiger partial charge in [0.1, 0.15) is 12.0 Å². The maximum Gasteiger partial charge on any atom is 0.399 e. The predicted molar refractivity (Wildman–Crippen MR) is 68.1 cm³/mol. The van der Waals surface area contributed by atoms with Crippen molar-refractivity contribution in [3.63, 3.8) is 0 Å². The van der Waals surface area contributed by atoms with Crippen LogP contribution in [0.5, 0.6) is 11.8 Å². The smallest absolute Gasteiger partial charge is 0.399 e. The zero-order valence-electron chi connectivity index (χ0n) is 9.44. The molecule has 0 atom stereocenters. The maximum atomic E-state index is 5.48. The Morgan fingerprint density at radius 2 is 2.35 bits per heavy atom. The van der Waals surface area contributed by atoms with Crippen molar-refractivity contribution in [1.82, 2.24) is 10.3 Å². The van der Waals surface area contributed by atoms with Crippen LogP contribution in [-0.2, 0) is 6.54 Å². The van der Waals surface area contributed by atoms with Crippen LogP contribution in [0.4, 0.5) is 0 Å². The van der Waals surface area contributed by atoms with Gasteiger partial charge in [0.2, 0.25) is 0 Å². The Labute approximate surface area is 108 Å². The van der Waals surface area contributed by atoms with E-state index in [1.807, 2.05) is 31.2 Å². The third-order valence-corrected chi connectivity index (χ3v) is 2.58. The Bertz CT molecular complexity index is 485. The van der Waals surface area contributed by atoms with Gasteiger partial charge < -0.3 is 14.5 Å². The van der Waals surface area contributed by atoms with Crippen LogP contribution in [-0.4, -0.2) is 11.5 Å². The summed E-state index contributed by atoms with van der Waals surface area (Å²) in [6, 6.07) is 7.52. The number of oxazole rings is 1. The van der Waals surface area contributed by atoms with Gasteiger partial charge in [-0.15, -0.1) is 0 Å². The monoisotopic (exact) mass is 296 g/mol. The highest BCUT2D eigenvalue weighted by Gasteiger charge is 2.06. The summed E-state index contributed by atoms with van der Waals surface area (Å²) in [5.74, 6) is 0.691. The van der Waals surface area contributed by atoms with Crippen LogP contribution in [0.2, 0.25) is 0 Å². The van der Waals surface area contributed by atoms with E-state index in [0.717, 1.165) is 16.7 Å². The minimum Gasteiger partial charge on any atom is -0.417 e. The molecule has 0 saturated heterocycles. The molecule has 0 amide bonds. The summed E-state index contributed by atoms with van der Waals surface area (Å²) in [5.41, 5.74) is 0.830. The van der Waals surface area contributed by atoms with E-state index in [-0.39, 0.29) is 6.08 Å². The molecule has 5 heteroatoms. The number of nitrogens with zero attached hydrogens (tertiary/aromatic N) is 1. The molecule has 0 aliphatic heterocycles.